The second-order valence-corrected chi connectivity index (χ2v) is 4.50. The summed E-state index contributed by atoms with van der Waals surface area (Å²) in [6.45, 7) is 0. The fourth-order valence-electron chi connectivity index (χ4n) is 2.10. The van der Waals surface area contributed by atoms with Crippen LogP contribution in [0.1, 0.15) is 30.7 Å². The average molecular weight is 228 g/mol. The van der Waals surface area contributed by atoms with E-state index in [1.165, 1.54) is 12.0 Å². The standard InChI is InChI=1S/C15H18NO/c1-16-15(17)10-6-5-9-13-11-14(13)12-7-3-2-4-8-12/h2-5,7-9,13-14H,6,10-11H2,1H3/b9-5+,16-15?/t13-,14+/m0/s1. The van der Waals surface area contributed by atoms with Gasteiger partial charge >= 0.3 is 0 Å². The molecular weight excluding hydrogens is 210 g/mol. The fourth-order valence-corrected chi connectivity index (χ4v) is 2.10. The summed E-state index contributed by atoms with van der Waals surface area (Å²) < 4.78 is 0. The number of hydrogen-bond donors (Lipinski definition) is 0. The van der Waals surface area contributed by atoms with Crippen molar-refractivity contribution in [1.82, 2.24) is 0 Å². The van der Waals surface area contributed by atoms with Crippen LogP contribution in [0.4, 0.5) is 0 Å². The zero-order chi connectivity index (χ0) is 12.1. The van der Waals surface area contributed by atoms with Gasteiger partial charge in [-0.3, -0.25) is 10.1 Å². The molecule has 1 aliphatic rings. The smallest absolute Gasteiger partial charge is 0.241 e. The molecule has 0 aliphatic heterocycles. The Bertz CT molecular complexity index is 408. The highest BCUT2D eigenvalue weighted by Crippen LogP contribution is 2.48. The summed E-state index contributed by atoms with van der Waals surface area (Å²) in [7, 11) is 1.55. The highest BCUT2D eigenvalue weighted by atomic mass is 16.3. The van der Waals surface area contributed by atoms with E-state index in [1.807, 2.05) is 0 Å². The predicted octanol–water partition coefficient (Wildman–Crippen LogP) is 3.59. The lowest BCUT2D eigenvalue weighted by atomic mass is 10.1. The second kappa shape index (κ2) is 5.67. The van der Waals surface area contributed by atoms with E-state index in [1.54, 1.807) is 7.05 Å². The first kappa shape index (κ1) is 11.9. The Balaban J connectivity index is 1.75. The van der Waals surface area contributed by atoms with E-state index in [-0.39, 0.29) is 5.90 Å². The third-order valence-corrected chi connectivity index (χ3v) is 3.23. The van der Waals surface area contributed by atoms with Crippen LogP contribution in [0.5, 0.6) is 0 Å². The molecular formula is C15H18NO. The minimum Gasteiger partial charge on any atom is -0.273 e. The van der Waals surface area contributed by atoms with Crippen LogP contribution in [0.15, 0.2) is 47.5 Å². The Hall–Kier alpha value is -1.57. The van der Waals surface area contributed by atoms with Gasteiger partial charge in [0.2, 0.25) is 5.90 Å². The van der Waals surface area contributed by atoms with Crippen molar-refractivity contribution in [3.63, 3.8) is 0 Å². The molecule has 89 valence electrons. The van der Waals surface area contributed by atoms with Gasteiger partial charge in [-0.1, -0.05) is 42.5 Å². The van der Waals surface area contributed by atoms with E-state index in [2.05, 4.69) is 47.5 Å². The van der Waals surface area contributed by atoms with E-state index in [4.69, 9.17) is 0 Å². The van der Waals surface area contributed by atoms with Crippen molar-refractivity contribution in [2.24, 2.45) is 10.9 Å². The van der Waals surface area contributed by atoms with Crippen molar-refractivity contribution in [2.45, 2.75) is 25.2 Å². The molecule has 17 heavy (non-hydrogen) atoms. The van der Waals surface area contributed by atoms with Crippen molar-refractivity contribution in [3.05, 3.63) is 48.0 Å². The first-order valence-electron chi connectivity index (χ1n) is 6.15. The summed E-state index contributed by atoms with van der Waals surface area (Å²) in [6, 6.07) is 10.6. The third kappa shape index (κ3) is 3.45. The Morgan fingerprint density at radius 1 is 1.41 bits per heavy atom. The maximum Gasteiger partial charge on any atom is 0.241 e. The van der Waals surface area contributed by atoms with Crippen LogP contribution in [0.2, 0.25) is 0 Å². The molecule has 0 N–H and O–H groups in total. The fraction of sp³-hybridized carbons (Fsp3) is 0.400. The molecule has 0 amide bonds. The van der Waals surface area contributed by atoms with Crippen LogP contribution in [-0.4, -0.2) is 12.9 Å². The summed E-state index contributed by atoms with van der Waals surface area (Å²) in [5, 5.41) is 11.0. The van der Waals surface area contributed by atoms with Gasteiger partial charge in [-0.25, -0.2) is 0 Å². The van der Waals surface area contributed by atoms with E-state index in [0.29, 0.717) is 18.3 Å². The minimum absolute atomic E-state index is 0.00921. The van der Waals surface area contributed by atoms with Crippen LogP contribution in [0.3, 0.4) is 0 Å². The monoisotopic (exact) mass is 228 g/mol. The van der Waals surface area contributed by atoms with Gasteiger partial charge < -0.3 is 0 Å². The van der Waals surface area contributed by atoms with Crippen molar-refractivity contribution in [2.75, 3.05) is 7.05 Å². The maximum absolute atomic E-state index is 11.0. The van der Waals surface area contributed by atoms with E-state index < -0.39 is 0 Å². The first-order valence-corrected chi connectivity index (χ1v) is 6.15. The van der Waals surface area contributed by atoms with Gasteiger partial charge in [0, 0.05) is 13.5 Å². The molecule has 1 saturated carbocycles. The van der Waals surface area contributed by atoms with Crippen LogP contribution in [0, 0.1) is 5.92 Å². The Labute approximate surface area is 103 Å². The van der Waals surface area contributed by atoms with Crippen molar-refractivity contribution >= 4 is 5.90 Å². The molecule has 1 aromatic carbocycles. The number of benzene rings is 1. The molecule has 0 heterocycles. The maximum atomic E-state index is 11.0. The molecule has 0 aromatic heterocycles. The zero-order valence-corrected chi connectivity index (χ0v) is 10.2. The van der Waals surface area contributed by atoms with Crippen molar-refractivity contribution < 1.29 is 5.11 Å². The molecule has 0 saturated heterocycles. The minimum atomic E-state index is -0.00921. The van der Waals surface area contributed by atoms with Crippen molar-refractivity contribution in [1.29, 1.82) is 0 Å². The average Bonchev–Trinajstić information content (AvgIpc) is 3.15. The van der Waals surface area contributed by atoms with Crippen LogP contribution >= 0.6 is 0 Å². The van der Waals surface area contributed by atoms with Gasteiger partial charge in [-0.2, -0.15) is 0 Å². The molecule has 1 aliphatic carbocycles. The van der Waals surface area contributed by atoms with Crippen molar-refractivity contribution in [3.8, 4) is 0 Å². The number of allylic oxidation sites excluding steroid dienone is 2. The molecule has 2 atom stereocenters. The summed E-state index contributed by atoms with van der Waals surface area (Å²) in [6.07, 6.45) is 6.97. The molecule has 2 heteroatoms. The molecule has 2 rings (SSSR count). The lowest BCUT2D eigenvalue weighted by Gasteiger charge is -1.96. The van der Waals surface area contributed by atoms with Crippen LogP contribution < -0.4 is 0 Å². The quantitative estimate of drug-likeness (QED) is 0.419. The molecule has 0 spiro atoms. The first-order chi connectivity index (χ1) is 8.31. The molecule has 2 nitrogen and oxygen atoms in total. The van der Waals surface area contributed by atoms with Gasteiger partial charge in [-0.15, -0.1) is 0 Å². The van der Waals surface area contributed by atoms with E-state index in [0.717, 1.165) is 6.42 Å². The lowest BCUT2D eigenvalue weighted by Crippen LogP contribution is -1.91. The predicted molar refractivity (Wildman–Crippen MR) is 69.7 cm³/mol. The summed E-state index contributed by atoms with van der Waals surface area (Å²) in [4.78, 5) is 3.61. The van der Waals surface area contributed by atoms with E-state index in [9.17, 15) is 5.11 Å². The van der Waals surface area contributed by atoms with Gasteiger partial charge in [-0.05, 0) is 30.2 Å². The SMILES string of the molecule is CN=C([O])CC/C=C/[C@H]1C[C@@H]1c1ccccc1. The lowest BCUT2D eigenvalue weighted by molar-refractivity contribution is 0.411. The normalized spacial score (nSPS) is 24.2. The topological polar surface area (TPSA) is 32.3 Å². The second-order valence-electron chi connectivity index (χ2n) is 4.50. The third-order valence-electron chi connectivity index (χ3n) is 3.23. The molecule has 1 aromatic rings. The summed E-state index contributed by atoms with van der Waals surface area (Å²) in [5.41, 5.74) is 1.43. The largest absolute Gasteiger partial charge is 0.273 e. The number of rotatable bonds is 5. The highest BCUT2D eigenvalue weighted by Gasteiger charge is 2.35. The Kier molecular flexibility index (Phi) is 3.97. The van der Waals surface area contributed by atoms with Gasteiger partial charge in [0.25, 0.3) is 0 Å². The number of aliphatic imine (C=N–C) groups is 1. The van der Waals surface area contributed by atoms with Gasteiger partial charge in [0.15, 0.2) is 0 Å². The Morgan fingerprint density at radius 3 is 2.88 bits per heavy atom. The summed E-state index contributed by atoms with van der Waals surface area (Å²) >= 11 is 0. The Morgan fingerprint density at radius 2 is 2.18 bits per heavy atom. The molecule has 0 bridgehead atoms. The van der Waals surface area contributed by atoms with Crippen LogP contribution in [-0.2, 0) is 5.11 Å². The number of nitrogens with zero attached hydrogens (tertiary/aromatic N) is 1. The van der Waals surface area contributed by atoms with Crippen LogP contribution in [0.25, 0.3) is 0 Å². The van der Waals surface area contributed by atoms with E-state index >= 15 is 0 Å². The summed E-state index contributed by atoms with van der Waals surface area (Å²) in [5.74, 6) is 1.36. The number of hydrogen-bond acceptors (Lipinski definition) is 1. The van der Waals surface area contributed by atoms with Gasteiger partial charge in [0.1, 0.15) is 0 Å². The highest BCUT2D eigenvalue weighted by molar-refractivity contribution is 5.73. The van der Waals surface area contributed by atoms with Gasteiger partial charge in [0.05, 0.1) is 0 Å². The molecule has 0 unspecified atom stereocenters. The molecule has 1 radical (unpaired) electrons. The zero-order valence-electron chi connectivity index (χ0n) is 10.2. The molecule has 1 fully saturated rings.